The van der Waals surface area contributed by atoms with Gasteiger partial charge in [0.1, 0.15) is 5.69 Å². The number of thiazole rings is 1. The van der Waals surface area contributed by atoms with Crippen molar-refractivity contribution < 1.29 is 9.72 Å². The number of benzene rings is 2. The van der Waals surface area contributed by atoms with Gasteiger partial charge >= 0.3 is 0 Å². The monoisotopic (exact) mass is 545 g/mol. The second-order valence-electron chi connectivity index (χ2n) is 9.34. The number of likely N-dealkylation sites (N-methyl/N-ethyl adjacent to an activating group) is 1. The number of nitrogens with zero attached hydrogens (tertiary/aromatic N) is 5. The summed E-state index contributed by atoms with van der Waals surface area (Å²) in [6.45, 7) is 12.8. The van der Waals surface area contributed by atoms with Crippen LogP contribution in [0.3, 0.4) is 0 Å². The highest BCUT2D eigenvalue weighted by atomic mass is 35.5. The minimum Gasteiger partial charge on any atom is -0.366 e. The molecule has 1 amide bonds. The van der Waals surface area contributed by atoms with Gasteiger partial charge < -0.3 is 9.80 Å². The van der Waals surface area contributed by atoms with Gasteiger partial charge in [-0.15, -0.1) is 12.4 Å². The van der Waals surface area contributed by atoms with Gasteiger partial charge in [0.25, 0.3) is 11.6 Å². The molecule has 1 aliphatic rings. The summed E-state index contributed by atoms with van der Waals surface area (Å²) < 4.78 is 1.03. The molecular weight excluding hydrogens is 510 g/mol. The number of carbonyl (C=O) groups is 1. The van der Waals surface area contributed by atoms with E-state index in [0.717, 1.165) is 66.8 Å². The van der Waals surface area contributed by atoms with E-state index in [1.165, 1.54) is 17.4 Å². The normalized spacial score (nSPS) is 13.6. The average molecular weight is 546 g/mol. The fourth-order valence-electron chi connectivity index (χ4n) is 4.76. The summed E-state index contributed by atoms with van der Waals surface area (Å²) in [6, 6.07) is 9.03. The number of aromatic nitrogens is 1. The van der Waals surface area contributed by atoms with Gasteiger partial charge in [-0.1, -0.05) is 31.3 Å². The summed E-state index contributed by atoms with van der Waals surface area (Å²) in [7, 11) is 0. The first-order valence-corrected chi connectivity index (χ1v) is 13.6. The van der Waals surface area contributed by atoms with Crippen LogP contribution in [0.2, 0.25) is 0 Å². The van der Waals surface area contributed by atoms with Gasteiger partial charge in [0, 0.05) is 37.8 Å². The van der Waals surface area contributed by atoms with Crippen LogP contribution in [0.1, 0.15) is 54.6 Å². The van der Waals surface area contributed by atoms with Crippen LogP contribution in [-0.4, -0.2) is 60.0 Å². The molecule has 0 aliphatic carbocycles. The smallest absolute Gasteiger partial charge is 0.293 e. The highest BCUT2D eigenvalue weighted by Crippen LogP contribution is 2.35. The summed E-state index contributed by atoms with van der Waals surface area (Å²) in [5.74, 6) is -0.260. The van der Waals surface area contributed by atoms with Crippen molar-refractivity contribution in [3.05, 3.63) is 57.1 Å². The van der Waals surface area contributed by atoms with E-state index in [4.69, 9.17) is 4.98 Å². The van der Waals surface area contributed by atoms with Crippen molar-refractivity contribution >= 4 is 56.4 Å². The molecule has 0 saturated carbocycles. The third kappa shape index (κ3) is 6.22. The first-order chi connectivity index (χ1) is 17.3. The fourth-order valence-corrected chi connectivity index (χ4v) is 5.81. The maximum atomic E-state index is 13.9. The van der Waals surface area contributed by atoms with Crippen LogP contribution in [0.25, 0.3) is 10.2 Å². The lowest BCUT2D eigenvalue weighted by atomic mass is 10.1. The van der Waals surface area contributed by atoms with Crippen LogP contribution < -0.4 is 9.80 Å². The summed E-state index contributed by atoms with van der Waals surface area (Å²) in [4.78, 5) is 36.4. The van der Waals surface area contributed by atoms with Crippen LogP contribution in [-0.2, 0) is 0 Å². The van der Waals surface area contributed by atoms with Crippen LogP contribution >= 0.6 is 23.7 Å². The number of halogens is 1. The SMILES string of the molecule is CCN(CC)CCN(C(=O)c1ccc(N2CCCCC2)c([N+](=O)[O-])c1)c1nc2c(C)c(C)ccc2s1.Cl. The van der Waals surface area contributed by atoms with E-state index in [1.54, 1.807) is 17.0 Å². The molecule has 0 radical (unpaired) electrons. The Morgan fingerprint density at radius 1 is 1.08 bits per heavy atom. The quantitative estimate of drug-likeness (QED) is 0.234. The maximum absolute atomic E-state index is 13.9. The zero-order valence-corrected chi connectivity index (χ0v) is 23.7. The van der Waals surface area contributed by atoms with Crippen LogP contribution in [0.15, 0.2) is 30.3 Å². The Kier molecular flexibility index (Phi) is 9.87. The lowest BCUT2D eigenvalue weighted by Crippen LogP contribution is -2.39. The summed E-state index contributed by atoms with van der Waals surface area (Å²) >= 11 is 1.49. The van der Waals surface area contributed by atoms with Crippen molar-refractivity contribution in [2.45, 2.75) is 47.0 Å². The number of hydrogen-bond donors (Lipinski definition) is 0. The lowest BCUT2D eigenvalue weighted by Gasteiger charge is -2.28. The number of aryl methyl sites for hydroxylation is 2. The van der Waals surface area contributed by atoms with Gasteiger partial charge in [0.15, 0.2) is 5.13 Å². The molecule has 1 saturated heterocycles. The topological polar surface area (TPSA) is 82.8 Å². The van der Waals surface area contributed by atoms with E-state index >= 15 is 0 Å². The molecule has 0 spiro atoms. The Bertz CT molecular complexity index is 1250. The number of fused-ring (bicyclic) bond motifs is 1. The first kappa shape index (κ1) is 28.8. The molecular formula is C27H36ClN5O3S. The molecule has 0 atom stereocenters. The second kappa shape index (κ2) is 12.7. The molecule has 0 unspecified atom stereocenters. The highest BCUT2D eigenvalue weighted by Gasteiger charge is 2.27. The standard InChI is InChI=1S/C27H35N5O3S.ClH/c1-5-29(6-2)16-17-31(27-28-25-20(4)19(3)10-13-24(25)36-27)26(33)21-11-12-22(23(18-21)32(34)35)30-14-8-7-9-15-30;/h10-13,18H,5-9,14-17H2,1-4H3;1H. The second-order valence-corrected chi connectivity index (χ2v) is 10.4. The Labute approximate surface area is 228 Å². The number of carbonyl (C=O) groups excluding carboxylic acids is 1. The number of hydrogen-bond acceptors (Lipinski definition) is 7. The van der Waals surface area contributed by atoms with Crippen molar-refractivity contribution in [3.8, 4) is 0 Å². The fraction of sp³-hybridized carbons (Fsp3) is 0.481. The predicted octanol–water partition coefficient (Wildman–Crippen LogP) is 6.22. The third-order valence-corrected chi connectivity index (χ3v) is 8.24. The largest absolute Gasteiger partial charge is 0.366 e. The zero-order valence-electron chi connectivity index (χ0n) is 22.0. The highest BCUT2D eigenvalue weighted by molar-refractivity contribution is 7.22. The maximum Gasteiger partial charge on any atom is 0.293 e. The summed E-state index contributed by atoms with van der Waals surface area (Å²) in [6.07, 6.45) is 3.18. The molecule has 8 nitrogen and oxygen atoms in total. The molecule has 200 valence electrons. The molecule has 1 fully saturated rings. The molecule has 0 N–H and O–H groups in total. The molecule has 2 aromatic carbocycles. The number of nitro benzene ring substituents is 1. The first-order valence-electron chi connectivity index (χ1n) is 12.8. The van der Waals surface area contributed by atoms with Crippen LogP contribution in [0.4, 0.5) is 16.5 Å². The number of rotatable bonds is 9. The molecule has 10 heteroatoms. The van der Waals surface area contributed by atoms with Crippen LogP contribution in [0, 0.1) is 24.0 Å². The van der Waals surface area contributed by atoms with Gasteiger partial charge in [0.2, 0.25) is 0 Å². The minimum absolute atomic E-state index is 0. The van der Waals surface area contributed by atoms with E-state index in [9.17, 15) is 14.9 Å². The van der Waals surface area contributed by atoms with Gasteiger partial charge in [0.05, 0.1) is 15.1 Å². The van der Waals surface area contributed by atoms with Gasteiger partial charge in [-0.05, 0) is 75.5 Å². The Morgan fingerprint density at radius 3 is 2.43 bits per heavy atom. The zero-order chi connectivity index (χ0) is 25.8. The molecule has 1 aliphatic heterocycles. The van der Waals surface area contributed by atoms with E-state index in [1.807, 2.05) is 13.0 Å². The van der Waals surface area contributed by atoms with Gasteiger partial charge in [-0.3, -0.25) is 19.8 Å². The Hall–Kier alpha value is -2.75. The van der Waals surface area contributed by atoms with Crippen LogP contribution in [0.5, 0.6) is 0 Å². The summed E-state index contributed by atoms with van der Waals surface area (Å²) in [5.41, 5.74) is 4.06. The van der Waals surface area contributed by atoms with E-state index < -0.39 is 0 Å². The molecule has 2 heterocycles. The molecule has 0 bridgehead atoms. The molecule has 4 rings (SSSR count). The lowest BCUT2D eigenvalue weighted by molar-refractivity contribution is -0.384. The van der Waals surface area contributed by atoms with Crippen molar-refractivity contribution in [3.63, 3.8) is 0 Å². The van der Waals surface area contributed by atoms with E-state index in [0.29, 0.717) is 29.5 Å². The number of piperidine rings is 1. The number of anilines is 2. The number of amides is 1. The van der Waals surface area contributed by atoms with Gasteiger partial charge in [-0.2, -0.15) is 0 Å². The molecule has 3 aromatic rings. The number of nitro groups is 1. The Morgan fingerprint density at radius 2 is 1.78 bits per heavy atom. The van der Waals surface area contributed by atoms with E-state index in [-0.39, 0.29) is 28.9 Å². The van der Waals surface area contributed by atoms with Crippen molar-refractivity contribution in [1.82, 2.24) is 9.88 Å². The third-order valence-electron chi connectivity index (χ3n) is 7.20. The minimum atomic E-state index is -0.370. The van der Waals surface area contributed by atoms with Crippen molar-refractivity contribution in [2.24, 2.45) is 0 Å². The molecule has 37 heavy (non-hydrogen) atoms. The van der Waals surface area contributed by atoms with Crippen molar-refractivity contribution in [2.75, 3.05) is 49.1 Å². The molecule has 1 aromatic heterocycles. The summed E-state index contributed by atoms with van der Waals surface area (Å²) in [5, 5.41) is 12.6. The van der Waals surface area contributed by atoms with E-state index in [2.05, 4.69) is 36.6 Å². The van der Waals surface area contributed by atoms with Gasteiger partial charge in [-0.25, -0.2) is 4.98 Å². The predicted molar refractivity (Wildman–Crippen MR) is 155 cm³/mol. The Balaban J connectivity index is 0.00000380. The van der Waals surface area contributed by atoms with Crippen molar-refractivity contribution in [1.29, 1.82) is 0 Å². The average Bonchev–Trinajstić information content (AvgIpc) is 3.33.